The summed E-state index contributed by atoms with van der Waals surface area (Å²) in [6.45, 7) is 0.180. The molecule has 2 N–H and O–H groups in total. The van der Waals surface area contributed by atoms with Crippen molar-refractivity contribution in [2.24, 2.45) is 0 Å². The van der Waals surface area contributed by atoms with E-state index in [9.17, 15) is 22.8 Å². The molecule has 0 bridgehead atoms. The van der Waals surface area contributed by atoms with E-state index in [1.807, 2.05) is 30.3 Å². The Morgan fingerprint density at radius 1 is 0.805 bits per heavy atom. The smallest absolute Gasteiger partial charge is 0.416 e. The molecule has 1 heterocycles. The van der Waals surface area contributed by atoms with Gasteiger partial charge in [-0.2, -0.15) is 13.2 Å². The number of anilines is 1. The number of amides is 2. The molecule has 0 radical (unpaired) electrons. The second kappa shape index (κ2) is 11.5. The van der Waals surface area contributed by atoms with E-state index in [1.54, 1.807) is 55.6 Å². The Bertz CT molecular complexity index is 1730. The number of ether oxygens (including phenoxy) is 1. The van der Waals surface area contributed by atoms with Gasteiger partial charge in [-0.1, -0.05) is 66.7 Å². The molecule has 0 unspecified atom stereocenters. The van der Waals surface area contributed by atoms with Crippen LogP contribution in [0.5, 0.6) is 5.75 Å². The van der Waals surface area contributed by atoms with Gasteiger partial charge in [0.2, 0.25) is 0 Å². The largest absolute Gasteiger partial charge is 0.496 e. The van der Waals surface area contributed by atoms with Crippen LogP contribution in [-0.2, 0) is 12.7 Å². The molecule has 41 heavy (non-hydrogen) atoms. The highest BCUT2D eigenvalue weighted by atomic mass is 19.4. The molecule has 2 amide bonds. The van der Waals surface area contributed by atoms with Crippen LogP contribution in [-0.4, -0.2) is 23.9 Å². The van der Waals surface area contributed by atoms with E-state index in [1.165, 1.54) is 12.1 Å². The molecular weight excluding hydrogens is 531 g/mol. The molecule has 4 aromatic carbocycles. The zero-order valence-electron chi connectivity index (χ0n) is 21.8. The molecule has 0 fully saturated rings. The van der Waals surface area contributed by atoms with Crippen molar-refractivity contribution < 1.29 is 27.5 Å². The fraction of sp³-hybridized carbons (Fsp3) is 0.0938. The molecule has 0 saturated heterocycles. The number of carbonyl (C=O) groups is 2. The van der Waals surface area contributed by atoms with Crippen LogP contribution in [0.4, 0.5) is 19.0 Å². The first-order valence-corrected chi connectivity index (χ1v) is 12.6. The van der Waals surface area contributed by atoms with E-state index in [4.69, 9.17) is 4.74 Å². The van der Waals surface area contributed by atoms with E-state index in [-0.39, 0.29) is 23.5 Å². The van der Waals surface area contributed by atoms with Crippen molar-refractivity contribution >= 4 is 28.5 Å². The molecule has 9 heteroatoms. The lowest BCUT2D eigenvalue weighted by atomic mass is 9.98. The lowest BCUT2D eigenvalue weighted by Crippen LogP contribution is -2.26. The van der Waals surface area contributed by atoms with Crippen LogP contribution in [0.25, 0.3) is 22.0 Å². The minimum Gasteiger partial charge on any atom is -0.496 e. The van der Waals surface area contributed by atoms with Gasteiger partial charge in [-0.3, -0.25) is 9.59 Å². The van der Waals surface area contributed by atoms with Crippen molar-refractivity contribution in [3.63, 3.8) is 0 Å². The van der Waals surface area contributed by atoms with E-state index in [0.29, 0.717) is 27.8 Å². The molecule has 0 aliphatic rings. The van der Waals surface area contributed by atoms with Crippen molar-refractivity contribution in [3.05, 3.63) is 125 Å². The second-order valence-electron chi connectivity index (χ2n) is 9.15. The number of alkyl halides is 3. The zero-order chi connectivity index (χ0) is 29.0. The van der Waals surface area contributed by atoms with Crippen LogP contribution in [0.3, 0.4) is 0 Å². The van der Waals surface area contributed by atoms with Gasteiger partial charge in [0.15, 0.2) is 0 Å². The van der Waals surface area contributed by atoms with Crippen LogP contribution >= 0.6 is 0 Å². The van der Waals surface area contributed by atoms with Crippen LogP contribution in [0.15, 0.2) is 103 Å². The number of fused-ring (bicyclic) bond motifs is 1. The summed E-state index contributed by atoms with van der Waals surface area (Å²) in [5.74, 6) is -0.353. The zero-order valence-corrected chi connectivity index (χ0v) is 21.8. The van der Waals surface area contributed by atoms with Gasteiger partial charge in [0.25, 0.3) is 11.8 Å². The Morgan fingerprint density at radius 2 is 1.49 bits per heavy atom. The summed E-state index contributed by atoms with van der Waals surface area (Å²) in [7, 11) is 1.55. The highest BCUT2D eigenvalue weighted by molar-refractivity contribution is 6.12. The second-order valence-corrected chi connectivity index (χ2v) is 9.15. The molecule has 0 spiro atoms. The molecular formula is C32H24F3N3O3. The summed E-state index contributed by atoms with van der Waals surface area (Å²) in [4.78, 5) is 31.4. The Morgan fingerprint density at radius 3 is 2.24 bits per heavy atom. The SMILES string of the molecule is COc1ccccc1CNC(=O)c1cc2ccccc2nc1NC(=O)c1ccccc1-c1ccc(C(F)(F)F)cc1. The van der Waals surface area contributed by atoms with Gasteiger partial charge in [-0.05, 0) is 47.5 Å². The maximum Gasteiger partial charge on any atom is 0.416 e. The van der Waals surface area contributed by atoms with Crippen molar-refractivity contribution in [2.45, 2.75) is 12.7 Å². The van der Waals surface area contributed by atoms with E-state index in [2.05, 4.69) is 15.6 Å². The average Bonchev–Trinajstić information content (AvgIpc) is 2.99. The monoisotopic (exact) mass is 555 g/mol. The number of hydrogen-bond donors (Lipinski definition) is 2. The Labute approximate surface area is 233 Å². The van der Waals surface area contributed by atoms with Crippen LogP contribution < -0.4 is 15.4 Å². The van der Waals surface area contributed by atoms with Gasteiger partial charge in [0, 0.05) is 23.1 Å². The first-order valence-electron chi connectivity index (χ1n) is 12.6. The molecule has 0 saturated carbocycles. The van der Waals surface area contributed by atoms with E-state index in [0.717, 1.165) is 17.7 Å². The van der Waals surface area contributed by atoms with Crippen molar-refractivity contribution in [2.75, 3.05) is 12.4 Å². The van der Waals surface area contributed by atoms with Gasteiger partial charge in [0.05, 0.1) is 23.8 Å². The molecule has 5 aromatic rings. The number of hydrogen-bond acceptors (Lipinski definition) is 4. The normalized spacial score (nSPS) is 11.2. The van der Waals surface area contributed by atoms with Gasteiger partial charge in [-0.25, -0.2) is 4.98 Å². The maximum absolute atomic E-state index is 13.5. The number of nitrogens with one attached hydrogen (secondary N) is 2. The summed E-state index contributed by atoms with van der Waals surface area (Å²) < 4.78 is 44.6. The van der Waals surface area contributed by atoms with Gasteiger partial charge in [-0.15, -0.1) is 0 Å². The Balaban J connectivity index is 1.46. The molecule has 6 nitrogen and oxygen atoms in total. The number of rotatable bonds is 7. The molecule has 0 aliphatic heterocycles. The van der Waals surface area contributed by atoms with E-state index >= 15 is 0 Å². The summed E-state index contributed by atoms with van der Waals surface area (Å²) in [6, 6.07) is 27.2. The number of methoxy groups -OCH3 is 1. The van der Waals surface area contributed by atoms with Crippen LogP contribution in [0, 0.1) is 0 Å². The standard InChI is InChI=1S/C32H24F3N3O3/c1-41-28-13-7-3-9-22(28)19-36-30(39)26-18-21-8-2-6-12-27(21)37-29(26)38-31(40)25-11-5-4-10-24(25)20-14-16-23(17-15-20)32(33,34)35/h2-18H,19H2,1H3,(H,36,39)(H,37,38,40). The minimum absolute atomic E-state index is 0.0495. The van der Waals surface area contributed by atoms with Gasteiger partial charge < -0.3 is 15.4 Å². The third-order valence-electron chi connectivity index (χ3n) is 6.53. The highest BCUT2D eigenvalue weighted by Crippen LogP contribution is 2.32. The van der Waals surface area contributed by atoms with Gasteiger partial charge >= 0.3 is 6.18 Å². The number of aromatic nitrogens is 1. The summed E-state index contributed by atoms with van der Waals surface area (Å²) >= 11 is 0. The first kappa shape index (κ1) is 27.4. The predicted octanol–water partition coefficient (Wildman–Crippen LogP) is 7.11. The Kier molecular flexibility index (Phi) is 7.69. The lowest BCUT2D eigenvalue weighted by Gasteiger charge is -2.15. The minimum atomic E-state index is -4.47. The van der Waals surface area contributed by atoms with E-state index < -0.39 is 23.6 Å². The molecule has 206 valence electrons. The predicted molar refractivity (Wildman–Crippen MR) is 151 cm³/mol. The number of halogens is 3. The number of nitrogens with zero attached hydrogens (tertiary/aromatic N) is 1. The highest BCUT2D eigenvalue weighted by Gasteiger charge is 2.30. The van der Waals surface area contributed by atoms with Crippen molar-refractivity contribution in [3.8, 4) is 16.9 Å². The topological polar surface area (TPSA) is 80.3 Å². The molecule has 0 atom stereocenters. The molecule has 1 aromatic heterocycles. The summed E-state index contributed by atoms with van der Waals surface area (Å²) in [5, 5.41) is 6.32. The number of para-hydroxylation sites is 2. The Hall–Kier alpha value is -5.18. The number of pyridine rings is 1. The summed E-state index contributed by atoms with van der Waals surface area (Å²) in [6.07, 6.45) is -4.47. The molecule has 5 rings (SSSR count). The van der Waals surface area contributed by atoms with Crippen LogP contribution in [0.2, 0.25) is 0 Å². The lowest BCUT2D eigenvalue weighted by molar-refractivity contribution is -0.137. The quantitative estimate of drug-likeness (QED) is 0.224. The van der Waals surface area contributed by atoms with Crippen LogP contribution in [0.1, 0.15) is 31.8 Å². The van der Waals surface area contributed by atoms with Crippen molar-refractivity contribution in [1.82, 2.24) is 10.3 Å². The fourth-order valence-corrected chi connectivity index (χ4v) is 4.45. The fourth-order valence-electron chi connectivity index (χ4n) is 4.45. The van der Waals surface area contributed by atoms with Crippen molar-refractivity contribution in [1.29, 1.82) is 0 Å². The third-order valence-corrected chi connectivity index (χ3v) is 6.53. The number of benzene rings is 4. The third kappa shape index (κ3) is 6.04. The average molecular weight is 556 g/mol. The maximum atomic E-state index is 13.5. The summed E-state index contributed by atoms with van der Waals surface area (Å²) in [5.41, 5.74) is 1.79. The molecule has 0 aliphatic carbocycles. The first-order chi connectivity index (χ1) is 19.7. The number of carbonyl (C=O) groups excluding carboxylic acids is 2. The van der Waals surface area contributed by atoms with Gasteiger partial charge in [0.1, 0.15) is 11.6 Å².